The van der Waals surface area contributed by atoms with E-state index >= 15 is 0 Å². The first-order valence-corrected chi connectivity index (χ1v) is 7.66. The molecular formula is C18H19N3O2. The second-order valence-electron chi connectivity index (χ2n) is 5.37. The van der Waals surface area contributed by atoms with Crippen LogP contribution < -0.4 is 5.32 Å². The van der Waals surface area contributed by atoms with Crippen LogP contribution in [-0.2, 0) is 13.0 Å². The number of furan rings is 1. The van der Waals surface area contributed by atoms with E-state index in [1.165, 1.54) is 0 Å². The number of imidazole rings is 1. The van der Waals surface area contributed by atoms with Gasteiger partial charge in [0, 0.05) is 37.5 Å². The number of aromatic nitrogens is 2. The third-order valence-corrected chi connectivity index (χ3v) is 3.61. The first kappa shape index (κ1) is 15.1. The van der Waals surface area contributed by atoms with Gasteiger partial charge in [-0.3, -0.25) is 4.79 Å². The molecule has 0 atom stereocenters. The molecule has 2 heterocycles. The van der Waals surface area contributed by atoms with Crippen LogP contribution in [-0.4, -0.2) is 22.0 Å². The number of amides is 1. The first-order valence-electron chi connectivity index (χ1n) is 7.66. The van der Waals surface area contributed by atoms with Crippen LogP contribution in [0.2, 0.25) is 0 Å². The molecule has 0 unspecified atom stereocenters. The van der Waals surface area contributed by atoms with E-state index in [-0.39, 0.29) is 5.91 Å². The first-order chi connectivity index (χ1) is 11.3. The summed E-state index contributed by atoms with van der Waals surface area (Å²) in [7, 11) is 0. The van der Waals surface area contributed by atoms with Crippen LogP contribution in [0.5, 0.6) is 0 Å². The molecule has 3 aromatic rings. The molecule has 0 saturated heterocycles. The van der Waals surface area contributed by atoms with Crippen LogP contribution in [0.1, 0.15) is 28.1 Å². The molecular weight excluding hydrogens is 290 g/mol. The molecule has 118 valence electrons. The van der Waals surface area contributed by atoms with Gasteiger partial charge >= 0.3 is 0 Å². The van der Waals surface area contributed by atoms with Crippen molar-refractivity contribution in [2.24, 2.45) is 0 Å². The standard InChI is InChI=1S/C18H19N3O2/c22-18(20-9-1-3-17-4-2-12-23-17)16-7-5-15(6-8-16)13-21-11-10-19-14-21/h2,4-8,10-12,14H,1,3,9,13H2,(H,20,22). The summed E-state index contributed by atoms with van der Waals surface area (Å²) in [5.74, 6) is 0.904. The Balaban J connectivity index is 1.45. The third kappa shape index (κ3) is 4.32. The summed E-state index contributed by atoms with van der Waals surface area (Å²) in [6.07, 6.45) is 8.80. The van der Waals surface area contributed by atoms with E-state index < -0.39 is 0 Å². The van der Waals surface area contributed by atoms with E-state index in [1.54, 1.807) is 18.8 Å². The molecule has 2 aromatic heterocycles. The van der Waals surface area contributed by atoms with Crippen molar-refractivity contribution in [3.8, 4) is 0 Å². The molecule has 5 heteroatoms. The number of hydrogen-bond donors (Lipinski definition) is 1. The van der Waals surface area contributed by atoms with Gasteiger partial charge in [-0.1, -0.05) is 12.1 Å². The number of carbonyl (C=O) groups is 1. The lowest BCUT2D eigenvalue weighted by molar-refractivity contribution is 0.0953. The van der Waals surface area contributed by atoms with Gasteiger partial charge < -0.3 is 14.3 Å². The topological polar surface area (TPSA) is 60.1 Å². The summed E-state index contributed by atoms with van der Waals surface area (Å²) in [5.41, 5.74) is 1.81. The minimum absolute atomic E-state index is 0.0429. The van der Waals surface area contributed by atoms with E-state index in [4.69, 9.17) is 4.42 Å². The predicted molar refractivity (Wildman–Crippen MR) is 87.1 cm³/mol. The minimum atomic E-state index is -0.0429. The molecule has 1 aromatic carbocycles. The van der Waals surface area contributed by atoms with Crippen LogP contribution in [0.25, 0.3) is 0 Å². The number of benzene rings is 1. The molecule has 0 spiro atoms. The molecule has 0 aliphatic rings. The zero-order valence-electron chi connectivity index (χ0n) is 12.8. The molecule has 23 heavy (non-hydrogen) atoms. The monoisotopic (exact) mass is 309 g/mol. The summed E-state index contributed by atoms with van der Waals surface area (Å²) in [6, 6.07) is 11.5. The van der Waals surface area contributed by atoms with Gasteiger partial charge in [-0.05, 0) is 36.2 Å². The van der Waals surface area contributed by atoms with Crippen molar-refractivity contribution >= 4 is 5.91 Å². The molecule has 0 bridgehead atoms. The van der Waals surface area contributed by atoms with Crippen LogP contribution in [0.3, 0.4) is 0 Å². The SMILES string of the molecule is O=C(NCCCc1ccco1)c1ccc(Cn2ccnc2)cc1. The maximum Gasteiger partial charge on any atom is 0.251 e. The van der Waals surface area contributed by atoms with Gasteiger partial charge in [0.2, 0.25) is 0 Å². The summed E-state index contributed by atoms with van der Waals surface area (Å²) >= 11 is 0. The smallest absolute Gasteiger partial charge is 0.251 e. The summed E-state index contributed by atoms with van der Waals surface area (Å²) in [5, 5.41) is 2.93. The predicted octanol–water partition coefficient (Wildman–Crippen LogP) is 2.89. The lowest BCUT2D eigenvalue weighted by Crippen LogP contribution is -2.24. The second-order valence-corrected chi connectivity index (χ2v) is 5.37. The van der Waals surface area contributed by atoms with Crippen molar-refractivity contribution in [2.75, 3.05) is 6.54 Å². The Hall–Kier alpha value is -2.82. The van der Waals surface area contributed by atoms with Crippen molar-refractivity contribution in [3.63, 3.8) is 0 Å². The van der Waals surface area contributed by atoms with Crippen LogP contribution >= 0.6 is 0 Å². The maximum atomic E-state index is 12.1. The molecule has 5 nitrogen and oxygen atoms in total. The van der Waals surface area contributed by atoms with Gasteiger partial charge in [0.15, 0.2) is 0 Å². The molecule has 0 saturated carbocycles. The highest BCUT2D eigenvalue weighted by atomic mass is 16.3. The summed E-state index contributed by atoms with van der Waals surface area (Å²) in [6.45, 7) is 1.39. The molecule has 0 fully saturated rings. The van der Waals surface area contributed by atoms with Crippen LogP contribution in [0.15, 0.2) is 65.8 Å². The van der Waals surface area contributed by atoms with E-state index in [1.807, 2.05) is 47.2 Å². The zero-order chi connectivity index (χ0) is 15.9. The minimum Gasteiger partial charge on any atom is -0.469 e. The van der Waals surface area contributed by atoms with Gasteiger partial charge in [-0.25, -0.2) is 4.98 Å². The number of rotatable bonds is 7. The quantitative estimate of drug-likeness (QED) is 0.683. The fourth-order valence-electron chi connectivity index (χ4n) is 2.37. The Morgan fingerprint density at radius 2 is 2.09 bits per heavy atom. The average Bonchev–Trinajstić information content (AvgIpc) is 3.26. The molecule has 1 amide bonds. The maximum absolute atomic E-state index is 12.1. The van der Waals surface area contributed by atoms with E-state index in [9.17, 15) is 4.79 Å². The van der Waals surface area contributed by atoms with Gasteiger partial charge in [-0.2, -0.15) is 0 Å². The Morgan fingerprint density at radius 3 is 2.78 bits per heavy atom. The second kappa shape index (κ2) is 7.45. The number of hydrogen-bond acceptors (Lipinski definition) is 3. The summed E-state index contributed by atoms with van der Waals surface area (Å²) < 4.78 is 7.25. The number of nitrogens with zero attached hydrogens (tertiary/aromatic N) is 2. The highest BCUT2D eigenvalue weighted by Gasteiger charge is 2.05. The van der Waals surface area contributed by atoms with Gasteiger partial charge in [0.05, 0.1) is 12.6 Å². The van der Waals surface area contributed by atoms with Crippen molar-refractivity contribution in [2.45, 2.75) is 19.4 Å². The molecule has 1 N–H and O–H groups in total. The highest BCUT2D eigenvalue weighted by Crippen LogP contribution is 2.07. The molecule has 0 radical (unpaired) electrons. The van der Waals surface area contributed by atoms with Crippen LogP contribution in [0.4, 0.5) is 0 Å². The molecule has 0 aliphatic carbocycles. The van der Waals surface area contributed by atoms with Gasteiger partial charge in [0.1, 0.15) is 5.76 Å². The lowest BCUT2D eigenvalue weighted by Gasteiger charge is -2.06. The molecule has 0 aliphatic heterocycles. The Morgan fingerprint density at radius 1 is 1.22 bits per heavy atom. The Kier molecular flexibility index (Phi) is 4.88. The lowest BCUT2D eigenvalue weighted by atomic mass is 10.1. The fraction of sp³-hybridized carbons (Fsp3) is 0.222. The van der Waals surface area contributed by atoms with Crippen molar-refractivity contribution in [3.05, 3.63) is 78.3 Å². The Bertz CT molecular complexity index is 716. The van der Waals surface area contributed by atoms with E-state index in [0.29, 0.717) is 12.1 Å². The molecule has 3 rings (SSSR count). The van der Waals surface area contributed by atoms with Crippen molar-refractivity contribution < 1.29 is 9.21 Å². The van der Waals surface area contributed by atoms with Crippen molar-refractivity contribution in [1.29, 1.82) is 0 Å². The number of nitrogens with one attached hydrogen (secondary N) is 1. The zero-order valence-corrected chi connectivity index (χ0v) is 12.8. The number of aryl methyl sites for hydroxylation is 1. The fourth-order valence-corrected chi connectivity index (χ4v) is 2.37. The van der Waals surface area contributed by atoms with Crippen molar-refractivity contribution in [1.82, 2.24) is 14.9 Å². The van der Waals surface area contributed by atoms with Gasteiger partial charge in [0.25, 0.3) is 5.91 Å². The Labute approximate surface area is 135 Å². The van der Waals surface area contributed by atoms with Crippen LogP contribution in [0, 0.1) is 0 Å². The summed E-state index contributed by atoms with van der Waals surface area (Å²) in [4.78, 5) is 16.1. The van der Waals surface area contributed by atoms with Gasteiger partial charge in [-0.15, -0.1) is 0 Å². The normalized spacial score (nSPS) is 10.6. The van der Waals surface area contributed by atoms with E-state index in [2.05, 4.69) is 10.3 Å². The average molecular weight is 309 g/mol. The van der Waals surface area contributed by atoms with E-state index in [0.717, 1.165) is 30.7 Å². The number of carbonyl (C=O) groups excluding carboxylic acids is 1. The highest BCUT2D eigenvalue weighted by molar-refractivity contribution is 5.94. The largest absolute Gasteiger partial charge is 0.469 e. The third-order valence-electron chi connectivity index (χ3n) is 3.61.